The lowest BCUT2D eigenvalue weighted by molar-refractivity contribution is -0.384. The van der Waals surface area contributed by atoms with Crippen LogP contribution in [-0.4, -0.2) is 31.0 Å². The number of anilines is 1. The van der Waals surface area contributed by atoms with Gasteiger partial charge in [-0.05, 0) is 0 Å². The van der Waals surface area contributed by atoms with E-state index in [4.69, 9.17) is 11.6 Å². The quantitative estimate of drug-likeness (QED) is 0.506. The Morgan fingerprint density at radius 3 is 2.89 bits per heavy atom. The molecular weight excluding hydrogens is 272 g/mol. The largest absolute Gasteiger partial charge is 0.364 e. The third kappa shape index (κ3) is 2.97. The van der Waals surface area contributed by atoms with Gasteiger partial charge in [0.05, 0.1) is 4.92 Å². The number of nitrogens with zero attached hydrogens (tertiary/aromatic N) is 5. The molecule has 2 aromatic heterocycles. The Labute approximate surface area is 113 Å². The van der Waals surface area contributed by atoms with Gasteiger partial charge in [-0.15, -0.1) is 0 Å². The molecule has 0 saturated carbocycles. The van der Waals surface area contributed by atoms with E-state index in [-0.39, 0.29) is 16.7 Å². The van der Waals surface area contributed by atoms with E-state index in [2.05, 4.69) is 20.3 Å². The summed E-state index contributed by atoms with van der Waals surface area (Å²) in [7, 11) is 1.88. The Morgan fingerprint density at radius 1 is 1.47 bits per heavy atom. The van der Waals surface area contributed by atoms with Crippen molar-refractivity contribution in [2.45, 2.75) is 6.42 Å². The zero-order chi connectivity index (χ0) is 13.8. The first kappa shape index (κ1) is 13.2. The van der Waals surface area contributed by atoms with Crippen molar-refractivity contribution in [3.05, 3.63) is 39.8 Å². The van der Waals surface area contributed by atoms with Crippen molar-refractivity contribution in [2.75, 3.05) is 11.9 Å². The van der Waals surface area contributed by atoms with Crippen LogP contribution in [0.3, 0.4) is 0 Å². The Balaban J connectivity index is 2.06. The molecular formula is C10H11ClN6O2. The van der Waals surface area contributed by atoms with Gasteiger partial charge in [0.15, 0.2) is 0 Å². The number of aromatic nitrogens is 4. The van der Waals surface area contributed by atoms with Gasteiger partial charge in [0, 0.05) is 32.4 Å². The maximum absolute atomic E-state index is 10.9. The van der Waals surface area contributed by atoms with Crippen LogP contribution in [0.1, 0.15) is 5.82 Å². The van der Waals surface area contributed by atoms with Gasteiger partial charge >= 0.3 is 5.69 Å². The van der Waals surface area contributed by atoms with Gasteiger partial charge in [0.1, 0.15) is 12.2 Å². The molecule has 8 nitrogen and oxygen atoms in total. The number of rotatable bonds is 5. The van der Waals surface area contributed by atoms with Crippen molar-refractivity contribution in [1.29, 1.82) is 0 Å². The highest BCUT2D eigenvalue weighted by Gasteiger charge is 2.21. The van der Waals surface area contributed by atoms with Gasteiger partial charge in [0.2, 0.25) is 11.0 Å². The number of halogens is 1. The van der Waals surface area contributed by atoms with E-state index in [9.17, 15) is 10.1 Å². The number of hydrogen-bond acceptors (Lipinski definition) is 6. The van der Waals surface area contributed by atoms with E-state index in [0.717, 1.165) is 5.82 Å². The number of nitrogens with one attached hydrogen (secondary N) is 1. The zero-order valence-electron chi connectivity index (χ0n) is 10.1. The molecule has 0 saturated heterocycles. The monoisotopic (exact) mass is 282 g/mol. The molecule has 0 aliphatic rings. The van der Waals surface area contributed by atoms with Crippen LogP contribution in [0.25, 0.3) is 0 Å². The standard InChI is InChI=1S/C10H11ClN6O2/c1-16-5-4-12-7(16)2-3-13-10-8(17(18)19)9(11)14-6-15-10/h4-6H,2-3H2,1H3,(H,13,14,15). The molecule has 0 atom stereocenters. The summed E-state index contributed by atoms with van der Waals surface area (Å²) in [4.78, 5) is 21.8. The molecule has 2 heterocycles. The van der Waals surface area contributed by atoms with Crippen molar-refractivity contribution in [1.82, 2.24) is 19.5 Å². The highest BCUT2D eigenvalue weighted by atomic mass is 35.5. The molecule has 2 rings (SSSR count). The van der Waals surface area contributed by atoms with E-state index in [1.807, 2.05) is 17.8 Å². The Hall–Kier alpha value is -2.22. The highest BCUT2D eigenvalue weighted by molar-refractivity contribution is 6.31. The smallest absolute Gasteiger partial charge is 0.348 e. The minimum Gasteiger partial charge on any atom is -0.364 e. The average Bonchev–Trinajstić information content (AvgIpc) is 2.75. The van der Waals surface area contributed by atoms with Crippen LogP contribution in [-0.2, 0) is 13.5 Å². The minimum absolute atomic E-state index is 0.110. The van der Waals surface area contributed by atoms with Crippen LogP contribution in [0.5, 0.6) is 0 Å². The second-order valence-corrected chi connectivity index (χ2v) is 4.11. The molecule has 100 valence electrons. The van der Waals surface area contributed by atoms with Gasteiger partial charge in [-0.25, -0.2) is 15.0 Å². The van der Waals surface area contributed by atoms with Crippen molar-refractivity contribution in [3.8, 4) is 0 Å². The first-order chi connectivity index (χ1) is 9.09. The first-order valence-electron chi connectivity index (χ1n) is 5.44. The van der Waals surface area contributed by atoms with Crippen LogP contribution in [0.2, 0.25) is 5.15 Å². The van der Waals surface area contributed by atoms with E-state index in [1.165, 1.54) is 6.33 Å². The molecule has 0 amide bonds. The molecule has 0 radical (unpaired) electrons. The predicted octanol–water partition coefficient (Wildman–Crippen LogP) is 1.43. The summed E-state index contributed by atoms with van der Waals surface area (Å²) >= 11 is 5.68. The van der Waals surface area contributed by atoms with Gasteiger partial charge in [-0.2, -0.15) is 0 Å². The fraction of sp³-hybridized carbons (Fsp3) is 0.300. The molecule has 0 spiro atoms. The summed E-state index contributed by atoms with van der Waals surface area (Å²) in [6.07, 6.45) is 5.32. The maximum atomic E-state index is 10.9. The van der Waals surface area contributed by atoms with Crippen LogP contribution in [0.4, 0.5) is 11.5 Å². The van der Waals surface area contributed by atoms with Gasteiger partial charge < -0.3 is 9.88 Å². The number of imidazole rings is 1. The topological polar surface area (TPSA) is 98.8 Å². The molecule has 0 unspecified atom stereocenters. The highest BCUT2D eigenvalue weighted by Crippen LogP contribution is 2.27. The number of hydrogen-bond donors (Lipinski definition) is 1. The lowest BCUT2D eigenvalue weighted by Gasteiger charge is -2.06. The predicted molar refractivity (Wildman–Crippen MR) is 69.1 cm³/mol. The Morgan fingerprint density at radius 2 is 2.26 bits per heavy atom. The second kappa shape index (κ2) is 5.61. The van der Waals surface area contributed by atoms with E-state index < -0.39 is 4.92 Å². The van der Waals surface area contributed by atoms with Crippen molar-refractivity contribution < 1.29 is 4.92 Å². The molecule has 0 aliphatic heterocycles. The Kier molecular flexibility index (Phi) is 3.91. The average molecular weight is 283 g/mol. The summed E-state index contributed by atoms with van der Waals surface area (Å²) in [5.74, 6) is 0.981. The van der Waals surface area contributed by atoms with Crippen LogP contribution >= 0.6 is 11.6 Å². The molecule has 0 fully saturated rings. The summed E-state index contributed by atoms with van der Waals surface area (Å²) in [5.41, 5.74) is -0.316. The number of nitro groups is 1. The van der Waals surface area contributed by atoms with Gasteiger partial charge in [-0.1, -0.05) is 11.6 Å². The number of aryl methyl sites for hydroxylation is 1. The van der Waals surface area contributed by atoms with Crippen molar-refractivity contribution in [3.63, 3.8) is 0 Å². The summed E-state index contributed by atoms with van der Waals surface area (Å²) in [6.45, 7) is 0.457. The van der Waals surface area contributed by atoms with Crippen LogP contribution < -0.4 is 5.32 Å². The fourth-order valence-corrected chi connectivity index (χ4v) is 1.78. The van der Waals surface area contributed by atoms with Gasteiger partial charge in [-0.3, -0.25) is 10.1 Å². The van der Waals surface area contributed by atoms with E-state index >= 15 is 0 Å². The maximum Gasteiger partial charge on any atom is 0.348 e. The normalized spacial score (nSPS) is 10.4. The molecule has 0 aliphatic carbocycles. The van der Waals surface area contributed by atoms with Crippen molar-refractivity contribution in [2.24, 2.45) is 7.05 Å². The lowest BCUT2D eigenvalue weighted by Crippen LogP contribution is -2.11. The Bertz CT molecular complexity index is 599. The van der Waals surface area contributed by atoms with Crippen molar-refractivity contribution >= 4 is 23.1 Å². The molecule has 19 heavy (non-hydrogen) atoms. The molecule has 2 aromatic rings. The molecule has 1 N–H and O–H groups in total. The zero-order valence-corrected chi connectivity index (χ0v) is 10.8. The van der Waals surface area contributed by atoms with E-state index in [1.54, 1.807) is 6.20 Å². The fourth-order valence-electron chi connectivity index (χ4n) is 1.58. The third-order valence-electron chi connectivity index (χ3n) is 2.52. The molecule has 0 aromatic carbocycles. The van der Waals surface area contributed by atoms with Gasteiger partial charge in [0.25, 0.3) is 0 Å². The minimum atomic E-state index is -0.606. The SMILES string of the molecule is Cn1ccnc1CCNc1ncnc(Cl)c1[N+](=O)[O-]. The third-order valence-corrected chi connectivity index (χ3v) is 2.80. The van der Waals surface area contributed by atoms with E-state index in [0.29, 0.717) is 13.0 Å². The van der Waals surface area contributed by atoms with Crippen LogP contribution in [0, 0.1) is 10.1 Å². The van der Waals surface area contributed by atoms with Crippen LogP contribution in [0.15, 0.2) is 18.7 Å². The first-order valence-corrected chi connectivity index (χ1v) is 5.82. The summed E-state index contributed by atoms with van der Waals surface area (Å²) < 4.78 is 1.88. The lowest BCUT2D eigenvalue weighted by atomic mass is 10.4. The summed E-state index contributed by atoms with van der Waals surface area (Å²) in [6, 6.07) is 0. The summed E-state index contributed by atoms with van der Waals surface area (Å²) in [5, 5.41) is 13.6. The molecule has 9 heteroatoms. The molecule has 0 bridgehead atoms. The second-order valence-electron chi connectivity index (χ2n) is 3.75.